The SMILES string of the molecule is CCC(CO)NC(C)c1cn[nH]c1. The van der Waals surface area contributed by atoms with Crippen LogP contribution in [-0.4, -0.2) is 28.0 Å². The van der Waals surface area contributed by atoms with Crippen LogP contribution in [-0.2, 0) is 0 Å². The van der Waals surface area contributed by atoms with Gasteiger partial charge in [-0.3, -0.25) is 5.10 Å². The van der Waals surface area contributed by atoms with Crippen LogP contribution in [0.4, 0.5) is 0 Å². The van der Waals surface area contributed by atoms with E-state index in [1.165, 1.54) is 0 Å². The maximum atomic E-state index is 8.99. The summed E-state index contributed by atoms with van der Waals surface area (Å²) in [7, 11) is 0. The lowest BCUT2D eigenvalue weighted by Gasteiger charge is -2.19. The molecule has 0 saturated carbocycles. The van der Waals surface area contributed by atoms with Crippen LogP contribution in [0.15, 0.2) is 12.4 Å². The standard InChI is InChI=1S/C9H17N3O/c1-3-9(6-13)12-7(2)8-4-10-11-5-8/h4-5,7,9,12-13H,3,6H2,1-2H3,(H,10,11). The maximum Gasteiger partial charge on any atom is 0.0584 e. The van der Waals surface area contributed by atoms with Crippen LogP contribution in [0.25, 0.3) is 0 Å². The van der Waals surface area contributed by atoms with Gasteiger partial charge in [0.2, 0.25) is 0 Å². The van der Waals surface area contributed by atoms with Gasteiger partial charge >= 0.3 is 0 Å². The van der Waals surface area contributed by atoms with Crippen LogP contribution < -0.4 is 5.32 Å². The molecule has 74 valence electrons. The number of hydrogen-bond donors (Lipinski definition) is 3. The third-order valence-electron chi connectivity index (χ3n) is 2.22. The molecule has 1 aromatic rings. The number of aliphatic hydroxyl groups is 1. The molecular formula is C9H17N3O. The molecule has 3 N–H and O–H groups in total. The Balaban J connectivity index is 2.45. The molecule has 1 heterocycles. The Bertz CT molecular complexity index is 219. The number of H-pyrrole nitrogens is 1. The summed E-state index contributed by atoms with van der Waals surface area (Å²) in [6, 6.07) is 0.403. The lowest BCUT2D eigenvalue weighted by Crippen LogP contribution is -2.33. The molecule has 0 radical (unpaired) electrons. The summed E-state index contributed by atoms with van der Waals surface area (Å²) in [5.74, 6) is 0. The highest BCUT2D eigenvalue weighted by atomic mass is 16.3. The Kier molecular flexibility index (Phi) is 3.92. The van der Waals surface area contributed by atoms with E-state index < -0.39 is 0 Å². The Hall–Kier alpha value is -0.870. The second-order valence-electron chi connectivity index (χ2n) is 3.21. The van der Waals surface area contributed by atoms with Crippen LogP contribution in [0.5, 0.6) is 0 Å². The lowest BCUT2D eigenvalue weighted by atomic mass is 10.1. The summed E-state index contributed by atoms with van der Waals surface area (Å²) in [4.78, 5) is 0. The summed E-state index contributed by atoms with van der Waals surface area (Å²) >= 11 is 0. The molecule has 0 aliphatic carbocycles. The smallest absolute Gasteiger partial charge is 0.0584 e. The maximum absolute atomic E-state index is 8.99. The molecule has 0 bridgehead atoms. The van der Waals surface area contributed by atoms with E-state index >= 15 is 0 Å². The van der Waals surface area contributed by atoms with Gasteiger partial charge in [-0.15, -0.1) is 0 Å². The first kappa shape index (κ1) is 10.2. The minimum absolute atomic E-state index is 0.171. The number of nitrogens with one attached hydrogen (secondary N) is 2. The first-order valence-electron chi connectivity index (χ1n) is 4.63. The van der Waals surface area contributed by atoms with Crippen molar-refractivity contribution in [3.05, 3.63) is 18.0 Å². The predicted octanol–water partition coefficient (Wildman–Crippen LogP) is 0.831. The van der Waals surface area contributed by atoms with Gasteiger partial charge in [-0.05, 0) is 13.3 Å². The highest BCUT2D eigenvalue weighted by molar-refractivity contribution is 5.08. The average molecular weight is 183 g/mol. The quantitative estimate of drug-likeness (QED) is 0.633. The third kappa shape index (κ3) is 2.82. The summed E-state index contributed by atoms with van der Waals surface area (Å²) in [5, 5.41) is 18.9. The first-order valence-corrected chi connectivity index (χ1v) is 4.63. The van der Waals surface area contributed by atoms with Crippen molar-refractivity contribution in [3.63, 3.8) is 0 Å². The summed E-state index contributed by atoms with van der Waals surface area (Å²) in [5.41, 5.74) is 1.12. The fraction of sp³-hybridized carbons (Fsp3) is 0.667. The van der Waals surface area contributed by atoms with Gasteiger partial charge in [-0.25, -0.2) is 0 Å². The number of aliphatic hydroxyl groups excluding tert-OH is 1. The van der Waals surface area contributed by atoms with Crippen molar-refractivity contribution < 1.29 is 5.11 Å². The molecule has 1 rings (SSSR count). The van der Waals surface area contributed by atoms with E-state index in [-0.39, 0.29) is 18.7 Å². The van der Waals surface area contributed by atoms with Crippen molar-refractivity contribution in [2.24, 2.45) is 0 Å². The minimum Gasteiger partial charge on any atom is -0.395 e. The molecule has 1 aromatic heterocycles. The highest BCUT2D eigenvalue weighted by Crippen LogP contribution is 2.10. The largest absolute Gasteiger partial charge is 0.395 e. The topological polar surface area (TPSA) is 60.9 Å². The van der Waals surface area contributed by atoms with Crippen molar-refractivity contribution in [3.8, 4) is 0 Å². The fourth-order valence-corrected chi connectivity index (χ4v) is 1.25. The van der Waals surface area contributed by atoms with Crippen molar-refractivity contribution in [1.82, 2.24) is 15.5 Å². The predicted molar refractivity (Wildman–Crippen MR) is 51.3 cm³/mol. The minimum atomic E-state index is 0.171. The molecule has 4 nitrogen and oxygen atoms in total. The van der Waals surface area contributed by atoms with Crippen molar-refractivity contribution in [2.75, 3.05) is 6.61 Å². The number of aromatic amines is 1. The number of hydrogen-bond acceptors (Lipinski definition) is 3. The molecular weight excluding hydrogens is 166 g/mol. The third-order valence-corrected chi connectivity index (χ3v) is 2.22. The molecule has 2 atom stereocenters. The van der Waals surface area contributed by atoms with E-state index in [1.54, 1.807) is 6.20 Å². The van der Waals surface area contributed by atoms with Crippen molar-refractivity contribution in [1.29, 1.82) is 0 Å². The molecule has 0 aromatic carbocycles. The average Bonchev–Trinajstić information content (AvgIpc) is 2.66. The Morgan fingerprint density at radius 2 is 2.46 bits per heavy atom. The number of aromatic nitrogens is 2. The normalized spacial score (nSPS) is 15.6. The van der Waals surface area contributed by atoms with Crippen molar-refractivity contribution >= 4 is 0 Å². The zero-order chi connectivity index (χ0) is 9.68. The Labute approximate surface area is 78.4 Å². The molecule has 0 aliphatic rings. The van der Waals surface area contributed by atoms with Crippen molar-refractivity contribution in [2.45, 2.75) is 32.4 Å². The molecule has 2 unspecified atom stereocenters. The van der Waals surface area contributed by atoms with Crippen LogP contribution in [0.3, 0.4) is 0 Å². The van der Waals surface area contributed by atoms with Crippen LogP contribution in [0.2, 0.25) is 0 Å². The first-order chi connectivity index (χ1) is 6.27. The molecule has 4 heteroatoms. The number of nitrogens with zero attached hydrogens (tertiary/aromatic N) is 1. The van der Waals surface area contributed by atoms with Crippen LogP contribution >= 0.6 is 0 Å². The summed E-state index contributed by atoms with van der Waals surface area (Å²) in [6.45, 7) is 4.29. The van der Waals surface area contributed by atoms with Gasteiger partial charge in [0.1, 0.15) is 0 Å². The second-order valence-corrected chi connectivity index (χ2v) is 3.21. The van der Waals surface area contributed by atoms with E-state index in [1.807, 2.05) is 6.20 Å². The molecule has 0 fully saturated rings. The Morgan fingerprint density at radius 1 is 1.69 bits per heavy atom. The summed E-state index contributed by atoms with van der Waals surface area (Å²) < 4.78 is 0. The molecule has 0 saturated heterocycles. The molecule has 0 spiro atoms. The monoisotopic (exact) mass is 183 g/mol. The molecule has 0 amide bonds. The van der Waals surface area contributed by atoms with E-state index in [0.717, 1.165) is 12.0 Å². The van der Waals surface area contributed by atoms with Gasteiger partial charge in [0, 0.05) is 23.8 Å². The van der Waals surface area contributed by atoms with Gasteiger partial charge in [0.05, 0.1) is 12.8 Å². The number of rotatable bonds is 5. The highest BCUT2D eigenvalue weighted by Gasteiger charge is 2.10. The second kappa shape index (κ2) is 4.99. The van der Waals surface area contributed by atoms with E-state index in [0.29, 0.717) is 0 Å². The van der Waals surface area contributed by atoms with Gasteiger partial charge in [-0.1, -0.05) is 6.92 Å². The van der Waals surface area contributed by atoms with E-state index in [2.05, 4.69) is 29.4 Å². The Morgan fingerprint density at radius 3 is 2.92 bits per heavy atom. The zero-order valence-electron chi connectivity index (χ0n) is 8.12. The molecule has 13 heavy (non-hydrogen) atoms. The van der Waals surface area contributed by atoms with Gasteiger partial charge < -0.3 is 10.4 Å². The van der Waals surface area contributed by atoms with Gasteiger partial charge in [0.25, 0.3) is 0 Å². The van der Waals surface area contributed by atoms with Crippen LogP contribution in [0, 0.1) is 0 Å². The van der Waals surface area contributed by atoms with Gasteiger partial charge in [0.15, 0.2) is 0 Å². The van der Waals surface area contributed by atoms with Crippen LogP contribution in [0.1, 0.15) is 31.9 Å². The lowest BCUT2D eigenvalue weighted by molar-refractivity contribution is 0.230. The van der Waals surface area contributed by atoms with E-state index in [9.17, 15) is 0 Å². The van der Waals surface area contributed by atoms with Gasteiger partial charge in [-0.2, -0.15) is 5.10 Å². The summed E-state index contributed by atoms with van der Waals surface area (Å²) in [6.07, 6.45) is 4.59. The molecule has 0 aliphatic heterocycles. The fourth-order valence-electron chi connectivity index (χ4n) is 1.25. The van der Waals surface area contributed by atoms with E-state index in [4.69, 9.17) is 5.11 Å². The zero-order valence-corrected chi connectivity index (χ0v) is 8.12.